The van der Waals surface area contributed by atoms with Gasteiger partial charge in [0.15, 0.2) is 12.9 Å². The molecule has 2 aromatic carbocycles. The molecule has 1 fully saturated rings. The summed E-state index contributed by atoms with van der Waals surface area (Å²) in [6, 6.07) is 11.6. The Hall–Kier alpha value is -3.38. The summed E-state index contributed by atoms with van der Waals surface area (Å²) >= 11 is 1.65. The van der Waals surface area contributed by atoms with E-state index in [4.69, 9.17) is 14.2 Å². The van der Waals surface area contributed by atoms with E-state index in [9.17, 15) is 14.4 Å². The Balaban J connectivity index is 1.29. The lowest BCUT2D eigenvalue weighted by molar-refractivity contribution is -0.135. The maximum Gasteiger partial charge on any atom is 0.258 e. The van der Waals surface area contributed by atoms with Crippen LogP contribution in [0.25, 0.3) is 0 Å². The number of imide groups is 1. The first-order valence-corrected chi connectivity index (χ1v) is 14.1. The molecule has 0 saturated carbocycles. The second-order valence-electron chi connectivity index (χ2n) is 10.0. The van der Waals surface area contributed by atoms with Crippen LogP contribution in [0.2, 0.25) is 0 Å². The molecule has 11 heteroatoms. The highest BCUT2D eigenvalue weighted by Gasteiger charge is 2.33. The van der Waals surface area contributed by atoms with Gasteiger partial charge in [0.25, 0.3) is 11.8 Å². The Kier molecular flexibility index (Phi) is 10.2. The van der Waals surface area contributed by atoms with Crippen LogP contribution in [0.15, 0.2) is 64.9 Å². The third kappa shape index (κ3) is 7.63. The number of methoxy groups -OCH3 is 1. The molecular weight excluding hydrogens is 532 g/mol. The molecule has 2 aromatic rings. The summed E-state index contributed by atoms with van der Waals surface area (Å²) in [5.41, 5.74) is 1.89. The zero-order chi connectivity index (χ0) is 28.6. The van der Waals surface area contributed by atoms with Gasteiger partial charge >= 0.3 is 0 Å². The molecule has 0 bridgehead atoms. The molecule has 4 N–H and O–H groups in total. The van der Waals surface area contributed by atoms with Crippen LogP contribution >= 0.6 is 11.8 Å². The lowest BCUT2D eigenvalue weighted by Gasteiger charge is -2.26. The van der Waals surface area contributed by atoms with E-state index in [1.165, 1.54) is 6.08 Å². The van der Waals surface area contributed by atoms with Crippen molar-refractivity contribution in [2.75, 3.05) is 25.6 Å². The van der Waals surface area contributed by atoms with Crippen LogP contribution in [0.4, 0.5) is 11.4 Å². The van der Waals surface area contributed by atoms with Gasteiger partial charge in [-0.25, -0.2) is 0 Å². The third-order valence-electron chi connectivity index (χ3n) is 6.49. The van der Waals surface area contributed by atoms with E-state index in [1.807, 2.05) is 50.2 Å². The molecule has 214 valence electrons. The van der Waals surface area contributed by atoms with Crippen molar-refractivity contribution in [3.05, 3.63) is 55.1 Å². The van der Waals surface area contributed by atoms with E-state index in [-0.39, 0.29) is 18.6 Å². The van der Waals surface area contributed by atoms with Crippen molar-refractivity contribution in [1.82, 2.24) is 16.0 Å². The van der Waals surface area contributed by atoms with Crippen molar-refractivity contribution in [2.45, 2.75) is 60.9 Å². The molecule has 2 aliphatic rings. The van der Waals surface area contributed by atoms with Crippen LogP contribution in [0, 0.1) is 5.92 Å². The number of carbonyl (C=O) groups is 3. The number of anilines is 2. The van der Waals surface area contributed by atoms with Crippen molar-refractivity contribution in [2.24, 2.45) is 5.92 Å². The summed E-state index contributed by atoms with van der Waals surface area (Å²) in [7, 11) is 1.55. The Morgan fingerprint density at radius 2 is 1.93 bits per heavy atom. The lowest BCUT2D eigenvalue weighted by atomic mass is 10.0. The first-order chi connectivity index (χ1) is 19.3. The van der Waals surface area contributed by atoms with Gasteiger partial charge in [-0.1, -0.05) is 43.8 Å². The highest BCUT2D eigenvalue weighted by molar-refractivity contribution is 7.99. The molecule has 0 radical (unpaired) electrons. The van der Waals surface area contributed by atoms with Crippen molar-refractivity contribution in [3.63, 3.8) is 0 Å². The minimum atomic E-state index is -1.11. The van der Waals surface area contributed by atoms with Gasteiger partial charge in [-0.15, -0.1) is 6.58 Å². The average molecular weight is 569 g/mol. The molecule has 1 saturated heterocycles. The SMILES string of the molecule is C=C[C@H](NC(=O)COc1ccc2c(c1)Nc1ccccc1S2)C(=O)NC(=O)[C@H](CC(C)C)N[C@H]1CCOC1OC. The summed E-state index contributed by atoms with van der Waals surface area (Å²) in [6.45, 7) is 7.83. The Morgan fingerprint density at radius 1 is 1.15 bits per heavy atom. The largest absolute Gasteiger partial charge is 0.484 e. The van der Waals surface area contributed by atoms with Crippen LogP contribution < -0.4 is 26.0 Å². The Morgan fingerprint density at radius 3 is 2.67 bits per heavy atom. The van der Waals surface area contributed by atoms with Crippen molar-refractivity contribution in [3.8, 4) is 5.75 Å². The fourth-order valence-electron chi connectivity index (χ4n) is 4.53. The number of ether oxygens (including phenoxy) is 3. The van der Waals surface area contributed by atoms with Crippen LogP contribution in [0.5, 0.6) is 5.75 Å². The smallest absolute Gasteiger partial charge is 0.258 e. The minimum Gasteiger partial charge on any atom is -0.484 e. The first-order valence-electron chi connectivity index (χ1n) is 13.2. The molecule has 10 nitrogen and oxygen atoms in total. The normalized spacial score (nSPS) is 19.0. The highest BCUT2D eigenvalue weighted by Crippen LogP contribution is 2.44. The number of hydrogen-bond acceptors (Lipinski definition) is 9. The minimum absolute atomic E-state index is 0.172. The lowest BCUT2D eigenvalue weighted by Crippen LogP contribution is -2.55. The first kappa shape index (κ1) is 29.6. The van der Waals surface area contributed by atoms with Crippen LogP contribution in [-0.4, -0.2) is 62.5 Å². The molecule has 4 rings (SSSR count). The molecule has 2 aliphatic heterocycles. The molecule has 2 heterocycles. The zero-order valence-corrected chi connectivity index (χ0v) is 23.7. The van der Waals surface area contributed by atoms with Crippen LogP contribution in [0.1, 0.15) is 26.7 Å². The topological polar surface area (TPSA) is 127 Å². The number of benzene rings is 2. The van der Waals surface area contributed by atoms with Crippen molar-refractivity contribution < 1.29 is 28.6 Å². The highest BCUT2D eigenvalue weighted by atomic mass is 32.2. The van der Waals surface area contributed by atoms with Gasteiger partial charge < -0.3 is 24.8 Å². The van der Waals surface area contributed by atoms with Crippen molar-refractivity contribution >= 4 is 40.9 Å². The van der Waals surface area contributed by atoms with E-state index in [0.29, 0.717) is 25.2 Å². The number of carbonyl (C=O) groups excluding carboxylic acids is 3. The molecule has 1 unspecified atom stereocenters. The molecule has 40 heavy (non-hydrogen) atoms. The summed E-state index contributed by atoms with van der Waals surface area (Å²) in [5, 5.41) is 11.6. The van der Waals surface area contributed by atoms with Gasteiger partial charge in [0, 0.05) is 23.0 Å². The van der Waals surface area contributed by atoms with Gasteiger partial charge in [-0.05, 0) is 43.0 Å². The number of para-hydroxylation sites is 1. The number of fused-ring (bicyclic) bond motifs is 2. The van der Waals surface area contributed by atoms with Gasteiger partial charge in [0.05, 0.1) is 30.1 Å². The number of hydrogen-bond donors (Lipinski definition) is 4. The molecule has 0 aromatic heterocycles. The Bertz CT molecular complexity index is 1240. The fourth-order valence-corrected chi connectivity index (χ4v) is 5.50. The monoisotopic (exact) mass is 568 g/mol. The van der Waals surface area contributed by atoms with Gasteiger partial charge in [0.2, 0.25) is 5.91 Å². The fraction of sp³-hybridized carbons (Fsp3) is 0.414. The standard InChI is InChI=1S/C29H36N4O6S/c1-5-19(27(35)33-28(36)23(14-17(2)3)31-21-12-13-38-29(21)37-4)32-26(34)16-39-18-10-11-25-22(15-18)30-20-8-6-7-9-24(20)40-25/h5-11,15,17,19,21,23,29-31H,1,12-14,16H2,2-4H3,(H,32,34)(H,33,35,36)/t19-,21-,23-,29?/m0/s1. The average Bonchev–Trinajstić information content (AvgIpc) is 3.40. The van der Waals surface area contributed by atoms with Crippen LogP contribution in [0.3, 0.4) is 0 Å². The summed E-state index contributed by atoms with van der Waals surface area (Å²) in [6.07, 6.45) is 2.00. The molecule has 0 aliphatic carbocycles. The van der Waals surface area contributed by atoms with E-state index in [2.05, 4.69) is 27.8 Å². The predicted molar refractivity (Wildman–Crippen MR) is 153 cm³/mol. The van der Waals surface area contributed by atoms with Gasteiger partial charge in [-0.3, -0.25) is 25.0 Å². The molecule has 3 amide bonds. The predicted octanol–water partition coefficient (Wildman–Crippen LogP) is 3.35. The van der Waals surface area contributed by atoms with E-state index in [1.54, 1.807) is 24.9 Å². The molecule has 4 atom stereocenters. The molecular formula is C29H36N4O6S. The van der Waals surface area contributed by atoms with E-state index in [0.717, 1.165) is 21.2 Å². The molecule has 0 spiro atoms. The van der Waals surface area contributed by atoms with Gasteiger partial charge in [-0.2, -0.15) is 0 Å². The van der Waals surface area contributed by atoms with E-state index < -0.39 is 36.1 Å². The van der Waals surface area contributed by atoms with Crippen LogP contribution in [-0.2, 0) is 23.9 Å². The summed E-state index contributed by atoms with van der Waals surface area (Å²) < 4.78 is 16.5. The maximum absolute atomic E-state index is 13.0. The number of nitrogens with one attached hydrogen (secondary N) is 4. The second kappa shape index (κ2) is 13.8. The number of rotatable bonds is 12. The number of amides is 3. The van der Waals surface area contributed by atoms with Gasteiger partial charge in [0.1, 0.15) is 11.8 Å². The zero-order valence-electron chi connectivity index (χ0n) is 22.9. The second-order valence-corrected chi connectivity index (χ2v) is 11.1. The summed E-state index contributed by atoms with van der Waals surface area (Å²) in [4.78, 5) is 40.7. The maximum atomic E-state index is 13.0. The quantitative estimate of drug-likeness (QED) is 0.243. The Labute approximate surface area is 238 Å². The van der Waals surface area contributed by atoms with Crippen molar-refractivity contribution in [1.29, 1.82) is 0 Å². The summed E-state index contributed by atoms with van der Waals surface area (Å²) in [5.74, 6) is -0.993. The van der Waals surface area contributed by atoms with E-state index >= 15 is 0 Å². The third-order valence-corrected chi connectivity index (χ3v) is 7.64.